The van der Waals surface area contributed by atoms with Gasteiger partial charge < -0.3 is 24.7 Å². The SMILES string of the molecule is CC(O)(P(=O)(O)O)P(=O)(O)O.[K].[K]. The molecule has 0 amide bonds. The molecule has 0 aliphatic carbocycles. The summed E-state index contributed by atoms with van der Waals surface area (Å²) in [7, 11) is -10.4. The van der Waals surface area contributed by atoms with Crippen LogP contribution in [0.3, 0.4) is 0 Å². The number of rotatable bonds is 2. The topological polar surface area (TPSA) is 135 Å². The van der Waals surface area contributed by atoms with Crippen molar-refractivity contribution in [3.8, 4) is 0 Å². The normalized spacial score (nSPS) is 12.8. The minimum Gasteiger partial charge on any atom is -0.368 e. The van der Waals surface area contributed by atoms with Crippen LogP contribution in [0.5, 0.6) is 0 Å². The Morgan fingerprint density at radius 2 is 1.08 bits per heavy atom. The zero-order valence-electron chi connectivity index (χ0n) is 7.45. The quantitative estimate of drug-likeness (QED) is 0.299. The third-order valence-electron chi connectivity index (χ3n) is 1.10. The van der Waals surface area contributed by atoms with Crippen LogP contribution in [-0.2, 0) is 9.13 Å². The molecule has 0 spiro atoms. The predicted octanol–water partition coefficient (Wildman–Crippen LogP) is -1.75. The molecule has 0 aromatic rings. The van der Waals surface area contributed by atoms with E-state index in [-0.39, 0.29) is 103 Å². The maximum absolute atomic E-state index is 10.3. The molecular formula is C2H8K2O7P2. The van der Waals surface area contributed by atoms with Crippen LogP contribution in [-0.4, -0.2) is 133 Å². The van der Waals surface area contributed by atoms with Gasteiger partial charge in [0.25, 0.3) is 5.08 Å². The zero-order valence-corrected chi connectivity index (χ0v) is 15.5. The van der Waals surface area contributed by atoms with Crippen LogP contribution < -0.4 is 0 Å². The summed E-state index contributed by atoms with van der Waals surface area (Å²) in [5, 5.41) is 5.37. The summed E-state index contributed by atoms with van der Waals surface area (Å²) in [6.07, 6.45) is 0. The molecule has 2 radical (unpaired) electrons. The van der Waals surface area contributed by atoms with E-state index in [2.05, 4.69) is 0 Å². The average molecular weight is 284 g/mol. The molecule has 11 heteroatoms. The Morgan fingerprint density at radius 3 is 1.08 bits per heavy atom. The molecule has 0 aromatic heterocycles. The van der Waals surface area contributed by atoms with Gasteiger partial charge in [0.15, 0.2) is 0 Å². The number of aliphatic hydroxyl groups is 1. The Morgan fingerprint density at radius 1 is 0.923 bits per heavy atom. The molecule has 7 nitrogen and oxygen atoms in total. The third-order valence-corrected chi connectivity index (χ3v) is 4.87. The molecule has 0 rings (SSSR count). The summed E-state index contributed by atoms with van der Waals surface area (Å²) < 4.78 is 20.5. The van der Waals surface area contributed by atoms with Crippen LogP contribution in [0.25, 0.3) is 0 Å². The van der Waals surface area contributed by atoms with Crippen molar-refractivity contribution < 1.29 is 33.8 Å². The largest absolute Gasteiger partial charge is 0.369 e. The molecule has 0 saturated carbocycles. The number of hydrogen-bond acceptors (Lipinski definition) is 3. The van der Waals surface area contributed by atoms with Crippen LogP contribution >= 0.6 is 15.2 Å². The second-order valence-corrected chi connectivity index (χ2v) is 6.33. The van der Waals surface area contributed by atoms with Crippen molar-refractivity contribution in [3.05, 3.63) is 0 Å². The molecule has 0 saturated heterocycles. The van der Waals surface area contributed by atoms with Gasteiger partial charge in [-0.25, -0.2) is 0 Å². The first-order chi connectivity index (χ1) is 4.50. The van der Waals surface area contributed by atoms with Gasteiger partial charge in [0, 0.05) is 103 Å². The van der Waals surface area contributed by atoms with E-state index in [9.17, 15) is 9.13 Å². The van der Waals surface area contributed by atoms with E-state index in [0.717, 1.165) is 0 Å². The maximum atomic E-state index is 10.3. The zero-order chi connectivity index (χ0) is 9.50. The first kappa shape index (κ1) is 21.8. The van der Waals surface area contributed by atoms with Gasteiger partial charge in [-0.2, -0.15) is 0 Å². The molecule has 0 aliphatic heterocycles. The fourth-order valence-corrected chi connectivity index (χ4v) is 1.53. The fraction of sp³-hybridized carbons (Fsp3) is 1.00. The summed E-state index contributed by atoms with van der Waals surface area (Å²) in [5.74, 6) is 0. The molecule has 0 aromatic carbocycles. The van der Waals surface area contributed by atoms with Gasteiger partial charge in [0.1, 0.15) is 0 Å². The predicted molar refractivity (Wildman–Crippen MR) is 46.2 cm³/mol. The van der Waals surface area contributed by atoms with Crippen molar-refractivity contribution in [2.45, 2.75) is 12.0 Å². The van der Waals surface area contributed by atoms with Crippen LogP contribution in [0.4, 0.5) is 0 Å². The van der Waals surface area contributed by atoms with Crippen molar-refractivity contribution in [1.82, 2.24) is 0 Å². The van der Waals surface area contributed by atoms with E-state index < -0.39 is 20.3 Å². The summed E-state index contributed by atoms with van der Waals surface area (Å²) in [6, 6.07) is 0. The van der Waals surface area contributed by atoms with Crippen molar-refractivity contribution in [2.75, 3.05) is 0 Å². The smallest absolute Gasteiger partial charge is 0.368 e. The van der Waals surface area contributed by atoms with Crippen molar-refractivity contribution in [1.29, 1.82) is 0 Å². The molecule has 0 aliphatic rings. The van der Waals surface area contributed by atoms with E-state index in [0.29, 0.717) is 6.92 Å². The summed E-state index contributed by atoms with van der Waals surface area (Å²) in [6.45, 7) is 0.383. The fourth-order valence-electron chi connectivity index (χ4n) is 0.170. The molecular weight excluding hydrogens is 276 g/mol. The van der Waals surface area contributed by atoms with Gasteiger partial charge in [0.05, 0.1) is 0 Å². The molecule has 0 heterocycles. The summed E-state index contributed by atoms with van der Waals surface area (Å²) in [5.41, 5.74) is 0. The maximum Gasteiger partial charge on any atom is 0.369 e. The minimum atomic E-state index is -5.20. The molecule has 5 N–H and O–H groups in total. The van der Waals surface area contributed by atoms with Gasteiger partial charge in [0.2, 0.25) is 0 Å². The van der Waals surface area contributed by atoms with Crippen LogP contribution in [0.1, 0.15) is 6.92 Å². The molecule has 70 valence electrons. The average Bonchev–Trinajstić information content (AvgIpc) is 1.58. The summed E-state index contributed by atoms with van der Waals surface area (Å²) in [4.78, 5) is 33.0. The van der Waals surface area contributed by atoms with Gasteiger partial charge in [-0.05, 0) is 6.92 Å². The van der Waals surface area contributed by atoms with Gasteiger partial charge in [-0.3, -0.25) is 9.13 Å². The van der Waals surface area contributed by atoms with E-state index in [4.69, 9.17) is 24.7 Å². The Balaban J connectivity index is -0.000000500. The Labute approximate surface area is 160 Å². The van der Waals surface area contributed by atoms with E-state index in [1.165, 1.54) is 0 Å². The molecule has 0 fully saturated rings. The summed E-state index contributed by atoms with van der Waals surface area (Å²) >= 11 is 0. The standard InChI is InChI=1S/C2H8O7P2.2K/c1-2(3,10(4,5)6)11(7,8)9;;/h3H,1H3,(H2,4,5,6)(H2,7,8,9);;. The van der Waals surface area contributed by atoms with E-state index in [1.54, 1.807) is 0 Å². The number of hydrogen-bond donors (Lipinski definition) is 5. The molecule has 0 unspecified atom stereocenters. The van der Waals surface area contributed by atoms with E-state index in [1.807, 2.05) is 0 Å². The molecule has 0 atom stereocenters. The van der Waals surface area contributed by atoms with Crippen LogP contribution in [0, 0.1) is 0 Å². The second kappa shape index (κ2) is 7.08. The first-order valence-corrected chi connectivity index (χ1v) is 5.56. The minimum absolute atomic E-state index is 0. The Bertz CT molecular complexity index is 215. The van der Waals surface area contributed by atoms with Crippen LogP contribution in [0.15, 0.2) is 0 Å². The van der Waals surface area contributed by atoms with Crippen molar-refractivity contribution >= 4 is 118 Å². The van der Waals surface area contributed by atoms with Crippen molar-refractivity contribution in [2.24, 2.45) is 0 Å². The van der Waals surface area contributed by atoms with Crippen molar-refractivity contribution in [3.63, 3.8) is 0 Å². The second-order valence-electron chi connectivity index (χ2n) is 2.06. The van der Waals surface area contributed by atoms with Gasteiger partial charge in [-0.15, -0.1) is 0 Å². The third kappa shape index (κ3) is 6.14. The molecule has 13 heavy (non-hydrogen) atoms. The Hall–Kier alpha value is 3.53. The molecule has 0 bridgehead atoms. The monoisotopic (exact) mass is 284 g/mol. The first-order valence-electron chi connectivity index (χ1n) is 2.34. The van der Waals surface area contributed by atoms with E-state index >= 15 is 0 Å². The van der Waals surface area contributed by atoms with Gasteiger partial charge in [-0.1, -0.05) is 0 Å². The van der Waals surface area contributed by atoms with Gasteiger partial charge >= 0.3 is 15.2 Å². The van der Waals surface area contributed by atoms with Crippen LogP contribution in [0.2, 0.25) is 0 Å². The Kier molecular flexibility index (Phi) is 11.9.